The summed E-state index contributed by atoms with van der Waals surface area (Å²) in [6.07, 6.45) is 0.193. The summed E-state index contributed by atoms with van der Waals surface area (Å²) in [4.78, 5) is 36.9. The number of hydrogen-bond donors (Lipinski definition) is 1. The minimum absolute atomic E-state index is 0.0663. The number of ether oxygens (including phenoxy) is 3. The lowest BCUT2D eigenvalue weighted by Gasteiger charge is -2.33. The number of carbonyl (C=O) groups is 3. The summed E-state index contributed by atoms with van der Waals surface area (Å²) >= 11 is 0. The number of esters is 2. The summed E-state index contributed by atoms with van der Waals surface area (Å²) in [6, 6.07) is 13.7. The second-order valence-electron chi connectivity index (χ2n) is 9.17. The Labute approximate surface area is 195 Å². The maximum atomic E-state index is 12.7. The molecule has 0 spiro atoms. The van der Waals surface area contributed by atoms with Gasteiger partial charge in [0.15, 0.2) is 0 Å². The first-order valence-electron chi connectivity index (χ1n) is 11.2. The summed E-state index contributed by atoms with van der Waals surface area (Å²) in [5.41, 5.74) is -0.696. The number of fused-ring (bicyclic) bond motifs is 1. The topological polar surface area (TPSA) is 90.9 Å². The van der Waals surface area contributed by atoms with Crippen molar-refractivity contribution in [3.05, 3.63) is 48.0 Å². The van der Waals surface area contributed by atoms with E-state index < -0.39 is 22.9 Å². The fourth-order valence-corrected chi connectivity index (χ4v) is 4.03. The van der Waals surface area contributed by atoms with E-state index in [-0.39, 0.29) is 31.6 Å². The molecule has 33 heavy (non-hydrogen) atoms. The SMILES string of the molecule is CCC(C)(CC(C)(C)C(=O)OC)C(=O)OCCOC(=O)NC(C)c1cccc2ccccc12. The van der Waals surface area contributed by atoms with Crippen molar-refractivity contribution >= 4 is 28.8 Å². The Hall–Kier alpha value is -3.09. The summed E-state index contributed by atoms with van der Waals surface area (Å²) in [7, 11) is 1.33. The predicted molar refractivity (Wildman–Crippen MR) is 127 cm³/mol. The van der Waals surface area contributed by atoms with Gasteiger partial charge in [0.1, 0.15) is 13.2 Å². The van der Waals surface area contributed by atoms with Crippen LogP contribution in [0.3, 0.4) is 0 Å². The number of amides is 1. The number of carbonyl (C=O) groups excluding carboxylic acids is 3. The summed E-state index contributed by atoms with van der Waals surface area (Å²) in [5, 5.41) is 4.98. The second-order valence-corrected chi connectivity index (χ2v) is 9.17. The Morgan fingerprint density at radius 3 is 2.24 bits per heavy atom. The van der Waals surface area contributed by atoms with Gasteiger partial charge in [0.25, 0.3) is 0 Å². The van der Waals surface area contributed by atoms with Crippen molar-refractivity contribution in [1.29, 1.82) is 0 Å². The quantitative estimate of drug-likeness (QED) is 0.300. The predicted octanol–water partition coefficient (Wildman–Crippen LogP) is 5.18. The minimum Gasteiger partial charge on any atom is -0.469 e. The highest BCUT2D eigenvalue weighted by molar-refractivity contribution is 5.86. The molecular weight excluding hydrogens is 422 g/mol. The molecule has 0 aliphatic heterocycles. The minimum atomic E-state index is -0.858. The van der Waals surface area contributed by atoms with Crippen LogP contribution in [0, 0.1) is 10.8 Å². The zero-order valence-corrected chi connectivity index (χ0v) is 20.4. The van der Waals surface area contributed by atoms with Crippen molar-refractivity contribution in [3.63, 3.8) is 0 Å². The van der Waals surface area contributed by atoms with Gasteiger partial charge < -0.3 is 19.5 Å². The molecule has 0 aliphatic rings. The van der Waals surface area contributed by atoms with Gasteiger partial charge in [-0.05, 0) is 56.9 Å². The summed E-state index contributed by atoms with van der Waals surface area (Å²) in [6.45, 7) is 8.86. The van der Waals surface area contributed by atoms with E-state index in [1.807, 2.05) is 56.3 Å². The molecule has 1 amide bonds. The number of benzene rings is 2. The van der Waals surface area contributed by atoms with Crippen LogP contribution in [0.25, 0.3) is 10.8 Å². The lowest BCUT2D eigenvalue weighted by Crippen LogP contribution is -2.38. The molecule has 1 N–H and O–H groups in total. The van der Waals surface area contributed by atoms with Crippen molar-refractivity contribution < 1.29 is 28.6 Å². The average Bonchev–Trinajstić information content (AvgIpc) is 2.80. The Morgan fingerprint density at radius 2 is 1.58 bits per heavy atom. The Balaban J connectivity index is 1.85. The molecule has 2 aromatic carbocycles. The van der Waals surface area contributed by atoms with Crippen LogP contribution in [0.4, 0.5) is 4.79 Å². The maximum Gasteiger partial charge on any atom is 0.407 e. The molecule has 2 rings (SSSR count). The third kappa shape index (κ3) is 6.70. The van der Waals surface area contributed by atoms with Crippen LogP contribution >= 0.6 is 0 Å². The Bertz CT molecular complexity index is 980. The summed E-state index contributed by atoms with van der Waals surface area (Å²) < 4.78 is 15.4. The fraction of sp³-hybridized carbons (Fsp3) is 0.500. The molecule has 0 saturated carbocycles. The van der Waals surface area contributed by atoms with E-state index in [2.05, 4.69) is 5.32 Å². The van der Waals surface area contributed by atoms with E-state index in [1.165, 1.54) is 7.11 Å². The van der Waals surface area contributed by atoms with E-state index in [1.54, 1.807) is 20.8 Å². The number of nitrogens with one attached hydrogen (secondary N) is 1. The maximum absolute atomic E-state index is 12.7. The van der Waals surface area contributed by atoms with Gasteiger partial charge in [0.2, 0.25) is 0 Å². The largest absolute Gasteiger partial charge is 0.469 e. The molecule has 0 heterocycles. The van der Waals surface area contributed by atoms with Gasteiger partial charge in [-0.1, -0.05) is 49.4 Å². The van der Waals surface area contributed by atoms with Gasteiger partial charge >= 0.3 is 18.0 Å². The molecule has 7 heteroatoms. The lowest BCUT2D eigenvalue weighted by atomic mass is 9.72. The molecule has 180 valence electrons. The van der Waals surface area contributed by atoms with Gasteiger partial charge in [-0.3, -0.25) is 9.59 Å². The van der Waals surface area contributed by atoms with Crippen LogP contribution in [-0.2, 0) is 23.8 Å². The second kappa shape index (κ2) is 11.2. The smallest absolute Gasteiger partial charge is 0.407 e. The molecule has 0 aromatic heterocycles. The molecular formula is C26H35NO6. The first kappa shape index (κ1) is 26.2. The number of hydrogen-bond acceptors (Lipinski definition) is 6. The van der Waals surface area contributed by atoms with Gasteiger partial charge in [0, 0.05) is 0 Å². The van der Waals surface area contributed by atoms with Crippen LogP contribution < -0.4 is 5.32 Å². The standard InChI is InChI=1S/C26H35NO6/c1-7-26(5,17-25(3,4)22(28)31-6)23(29)32-15-16-33-24(30)27-18(2)20-14-10-12-19-11-8-9-13-21(19)20/h8-14,18H,7,15-17H2,1-6H3,(H,27,30). The van der Waals surface area contributed by atoms with Crippen LogP contribution in [0.1, 0.15) is 59.1 Å². The zero-order chi connectivity index (χ0) is 24.6. The Morgan fingerprint density at radius 1 is 0.939 bits per heavy atom. The van der Waals surface area contributed by atoms with Crippen LogP contribution in [-0.4, -0.2) is 38.4 Å². The molecule has 0 saturated heterocycles. The lowest BCUT2D eigenvalue weighted by molar-refractivity contribution is -0.162. The van der Waals surface area contributed by atoms with Gasteiger partial charge in [0.05, 0.1) is 24.0 Å². The van der Waals surface area contributed by atoms with Gasteiger partial charge in [-0.25, -0.2) is 4.79 Å². The van der Waals surface area contributed by atoms with Crippen molar-refractivity contribution in [1.82, 2.24) is 5.32 Å². The van der Waals surface area contributed by atoms with Gasteiger partial charge in [-0.2, -0.15) is 0 Å². The molecule has 0 aliphatic carbocycles. The van der Waals surface area contributed by atoms with E-state index in [4.69, 9.17) is 14.2 Å². The average molecular weight is 458 g/mol. The normalized spacial score (nSPS) is 14.1. The number of rotatable bonds is 10. The fourth-order valence-electron chi connectivity index (χ4n) is 4.03. The molecule has 7 nitrogen and oxygen atoms in total. The molecule has 2 atom stereocenters. The van der Waals surface area contributed by atoms with Crippen molar-refractivity contribution in [2.75, 3.05) is 20.3 Å². The van der Waals surface area contributed by atoms with Crippen LogP contribution in [0.5, 0.6) is 0 Å². The molecule has 2 aromatic rings. The zero-order valence-electron chi connectivity index (χ0n) is 20.4. The monoisotopic (exact) mass is 457 g/mol. The molecule has 0 bridgehead atoms. The third-order valence-corrected chi connectivity index (χ3v) is 6.02. The molecule has 0 fully saturated rings. The molecule has 0 radical (unpaired) electrons. The van der Waals surface area contributed by atoms with E-state index in [0.717, 1.165) is 16.3 Å². The van der Waals surface area contributed by atoms with Crippen LogP contribution in [0.2, 0.25) is 0 Å². The highest BCUT2D eigenvalue weighted by atomic mass is 16.6. The van der Waals surface area contributed by atoms with Crippen molar-refractivity contribution in [2.45, 2.75) is 53.5 Å². The van der Waals surface area contributed by atoms with Gasteiger partial charge in [-0.15, -0.1) is 0 Å². The molecule has 2 unspecified atom stereocenters. The highest BCUT2D eigenvalue weighted by Crippen LogP contribution is 2.38. The van der Waals surface area contributed by atoms with E-state index in [0.29, 0.717) is 6.42 Å². The Kier molecular flexibility index (Phi) is 8.85. The van der Waals surface area contributed by atoms with E-state index >= 15 is 0 Å². The third-order valence-electron chi connectivity index (χ3n) is 6.02. The van der Waals surface area contributed by atoms with E-state index in [9.17, 15) is 14.4 Å². The van der Waals surface area contributed by atoms with Crippen LogP contribution in [0.15, 0.2) is 42.5 Å². The summed E-state index contributed by atoms with van der Waals surface area (Å²) in [5.74, 6) is -0.814. The van der Waals surface area contributed by atoms with Crippen molar-refractivity contribution in [3.8, 4) is 0 Å². The first-order valence-corrected chi connectivity index (χ1v) is 11.2. The highest BCUT2D eigenvalue weighted by Gasteiger charge is 2.42. The number of alkyl carbamates (subject to hydrolysis) is 1. The first-order chi connectivity index (χ1) is 15.5. The van der Waals surface area contributed by atoms with Crippen molar-refractivity contribution in [2.24, 2.45) is 10.8 Å². The number of methoxy groups -OCH3 is 1.